The second kappa shape index (κ2) is 5.08. The van der Waals surface area contributed by atoms with Crippen LogP contribution in [0.25, 0.3) is 10.9 Å². The van der Waals surface area contributed by atoms with Gasteiger partial charge in [0, 0.05) is 29.2 Å². The molecule has 23 heavy (non-hydrogen) atoms. The Bertz CT molecular complexity index is 774. The first kappa shape index (κ1) is 14.2. The zero-order valence-electron chi connectivity index (χ0n) is 12.6. The number of likely N-dealkylation sites (tertiary alicyclic amines) is 1. The maximum absolute atomic E-state index is 13.6. The first-order chi connectivity index (χ1) is 11.1. The zero-order valence-corrected chi connectivity index (χ0v) is 12.6. The highest BCUT2D eigenvalue weighted by Crippen LogP contribution is 2.50. The number of amides is 1. The van der Waals surface area contributed by atoms with Crippen LogP contribution in [0.4, 0.5) is 14.9 Å². The molecule has 1 saturated heterocycles. The maximum atomic E-state index is 13.6. The van der Waals surface area contributed by atoms with E-state index in [4.69, 9.17) is 0 Å². The Labute approximate surface area is 133 Å². The monoisotopic (exact) mass is 315 g/mol. The predicted molar refractivity (Wildman–Crippen MR) is 84.7 cm³/mol. The summed E-state index contributed by atoms with van der Waals surface area (Å²) in [7, 11) is 0. The highest BCUT2D eigenvalue weighted by molar-refractivity contribution is 5.91. The van der Waals surface area contributed by atoms with E-state index >= 15 is 0 Å². The maximum Gasteiger partial charge on any atom is 0.408 e. The molecule has 1 amide bonds. The molecule has 0 radical (unpaired) electrons. The van der Waals surface area contributed by atoms with Gasteiger partial charge in [0.2, 0.25) is 0 Å². The normalized spacial score (nSPS) is 22.3. The molecule has 1 atom stereocenters. The van der Waals surface area contributed by atoms with Gasteiger partial charge in [-0.25, -0.2) is 9.18 Å². The van der Waals surface area contributed by atoms with Crippen molar-refractivity contribution in [3.05, 3.63) is 36.3 Å². The van der Waals surface area contributed by atoms with Crippen molar-refractivity contribution in [1.29, 1.82) is 0 Å². The van der Waals surface area contributed by atoms with Crippen molar-refractivity contribution in [1.82, 2.24) is 9.88 Å². The van der Waals surface area contributed by atoms with Crippen molar-refractivity contribution in [2.24, 2.45) is 5.41 Å². The minimum atomic E-state index is -0.912. The number of hydrogen-bond acceptors (Lipinski definition) is 3. The summed E-state index contributed by atoms with van der Waals surface area (Å²) >= 11 is 0. The van der Waals surface area contributed by atoms with Gasteiger partial charge < -0.3 is 10.4 Å². The fourth-order valence-corrected chi connectivity index (χ4v) is 4.05. The van der Waals surface area contributed by atoms with Crippen molar-refractivity contribution < 1.29 is 14.3 Å². The summed E-state index contributed by atoms with van der Waals surface area (Å²) < 4.78 is 13.6. The van der Waals surface area contributed by atoms with Gasteiger partial charge in [0.1, 0.15) is 12.0 Å². The predicted octanol–water partition coefficient (Wildman–Crippen LogP) is 3.67. The Morgan fingerprint density at radius 2 is 2.13 bits per heavy atom. The quantitative estimate of drug-likeness (QED) is 0.887. The molecule has 0 bridgehead atoms. The van der Waals surface area contributed by atoms with Crippen molar-refractivity contribution in [2.75, 3.05) is 11.9 Å². The number of benzene rings is 1. The molecule has 1 spiro atoms. The van der Waals surface area contributed by atoms with E-state index in [0.29, 0.717) is 17.4 Å². The van der Waals surface area contributed by atoms with E-state index in [9.17, 15) is 14.3 Å². The number of carbonyl (C=O) groups is 1. The third kappa shape index (κ3) is 2.20. The van der Waals surface area contributed by atoms with Gasteiger partial charge in [0.25, 0.3) is 0 Å². The molecule has 2 aromatic rings. The standard InChI is InChI=1S/C17H18FN3O2/c18-11-3-4-13-12(9-11)14(5-8-19-13)20-15-17(6-1-2-7-17)10-21(15)16(22)23/h3-5,8-9,15H,1-2,6-7,10H2,(H,19,20)(H,22,23). The number of carboxylic acid groups (broad SMARTS) is 1. The number of halogens is 1. The lowest BCUT2D eigenvalue weighted by Crippen LogP contribution is -2.68. The summed E-state index contributed by atoms with van der Waals surface area (Å²) in [5, 5.41) is 13.4. The lowest BCUT2D eigenvalue weighted by molar-refractivity contribution is -0.0371. The van der Waals surface area contributed by atoms with Crippen molar-refractivity contribution >= 4 is 22.7 Å². The largest absolute Gasteiger partial charge is 0.465 e. The van der Waals surface area contributed by atoms with Gasteiger partial charge in [0.15, 0.2) is 0 Å². The van der Waals surface area contributed by atoms with Gasteiger partial charge in [-0.3, -0.25) is 9.88 Å². The molecule has 1 aromatic heterocycles. The molecular formula is C17H18FN3O2. The second-order valence-corrected chi connectivity index (χ2v) is 6.55. The summed E-state index contributed by atoms with van der Waals surface area (Å²) in [4.78, 5) is 17.1. The highest BCUT2D eigenvalue weighted by atomic mass is 19.1. The number of nitrogens with zero attached hydrogens (tertiary/aromatic N) is 2. The average molecular weight is 315 g/mol. The molecule has 2 heterocycles. The number of pyridine rings is 1. The summed E-state index contributed by atoms with van der Waals surface area (Å²) in [6.45, 7) is 0.581. The van der Waals surface area contributed by atoms with Crippen LogP contribution in [0.15, 0.2) is 30.5 Å². The lowest BCUT2D eigenvalue weighted by atomic mass is 9.74. The third-order valence-corrected chi connectivity index (χ3v) is 5.22. The second-order valence-electron chi connectivity index (χ2n) is 6.55. The van der Waals surface area contributed by atoms with Crippen molar-refractivity contribution in [3.8, 4) is 0 Å². The van der Waals surface area contributed by atoms with Crippen molar-refractivity contribution in [2.45, 2.75) is 31.8 Å². The molecule has 2 N–H and O–H groups in total. The van der Waals surface area contributed by atoms with Crippen LogP contribution in [0.3, 0.4) is 0 Å². The van der Waals surface area contributed by atoms with Gasteiger partial charge in [-0.15, -0.1) is 0 Å². The molecule has 120 valence electrons. The van der Waals surface area contributed by atoms with Gasteiger partial charge in [-0.2, -0.15) is 0 Å². The fraction of sp³-hybridized carbons (Fsp3) is 0.412. The van der Waals surface area contributed by atoms with Crippen LogP contribution in [0.5, 0.6) is 0 Å². The van der Waals surface area contributed by atoms with E-state index in [2.05, 4.69) is 10.3 Å². The van der Waals surface area contributed by atoms with E-state index in [0.717, 1.165) is 31.4 Å². The topological polar surface area (TPSA) is 65.5 Å². The van der Waals surface area contributed by atoms with Crippen LogP contribution in [0, 0.1) is 11.2 Å². The van der Waals surface area contributed by atoms with Gasteiger partial charge in [0.05, 0.1) is 5.52 Å². The molecule has 5 nitrogen and oxygen atoms in total. The lowest BCUT2D eigenvalue weighted by Gasteiger charge is -2.55. The molecule has 1 aromatic carbocycles. The molecular weight excluding hydrogens is 297 g/mol. The van der Waals surface area contributed by atoms with Gasteiger partial charge >= 0.3 is 6.09 Å². The van der Waals surface area contributed by atoms with E-state index in [1.165, 1.54) is 17.0 Å². The van der Waals surface area contributed by atoms with Gasteiger partial charge in [-0.1, -0.05) is 12.8 Å². The molecule has 1 saturated carbocycles. The highest BCUT2D eigenvalue weighted by Gasteiger charge is 2.55. The first-order valence-electron chi connectivity index (χ1n) is 7.89. The summed E-state index contributed by atoms with van der Waals surface area (Å²) in [5.74, 6) is -0.326. The van der Waals surface area contributed by atoms with E-state index in [1.807, 2.05) is 0 Å². The smallest absolute Gasteiger partial charge is 0.408 e. The Hall–Kier alpha value is -2.37. The number of aromatic nitrogens is 1. The van der Waals surface area contributed by atoms with Crippen LogP contribution in [0.2, 0.25) is 0 Å². The summed E-state index contributed by atoms with van der Waals surface area (Å²) in [6.07, 6.45) is 4.83. The third-order valence-electron chi connectivity index (χ3n) is 5.22. The molecule has 1 aliphatic heterocycles. The SMILES string of the molecule is O=C(O)N1CC2(CCCC2)C1Nc1ccnc2ccc(F)cc12. The number of fused-ring (bicyclic) bond motifs is 1. The van der Waals surface area contributed by atoms with Crippen LogP contribution < -0.4 is 5.32 Å². The Kier molecular flexibility index (Phi) is 3.14. The van der Waals surface area contributed by atoms with E-state index in [1.54, 1.807) is 18.3 Å². The Morgan fingerprint density at radius 1 is 1.35 bits per heavy atom. The zero-order chi connectivity index (χ0) is 16.0. The van der Waals surface area contributed by atoms with Crippen LogP contribution >= 0.6 is 0 Å². The summed E-state index contributed by atoms with van der Waals surface area (Å²) in [5.41, 5.74) is 1.44. The van der Waals surface area contributed by atoms with Gasteiger partial charge in [-0.05, 0) is 37.1 Å². The van der Waals surface area contributed by atoms with Crippen LogP contribution in [-0.4, -0.2) is 33.8 Å². The molecule has 1 aliphatic carbocycles. The number of anilines is 1. The number of rotatable bonds is 2. The van der Waals surface area contributed by atoms with Crippen LogP contribution in [0.1, 0.15) is 25.7 Å². The van der Waals surface area contributed by atoms with Crippen LogP contribution in [-0.2, 0) is 0 Å². The molecule has 2 aliphatic rings. The average Bonchev–Trinajstić information content (AvgIpc) is 3.02. The first-order valence-corrected chi connectivity index (χ1v) is 7.89. The van der Waals surface area contributed by atoms with E-state index in [-0.39, 0.29) is 17.4 Å². The van der Waals surface area contributed by atoms with Crippen molar-refractivity contribution in [3.63, 3.8) is 0 Å². The number of nitrogens with one attached hydrogen (secondary N) is 1. The molecule has 2 fully saturated rings. The Morgan fingerprint density at radius 3 is 2.87 bits per heavy atom. The fourth-order valence-electron chi connectivity index (χ4n) is 4.05. The molecule has 1 unspecified atom stereocenters. The minimum absolute atomic E-state index is 0.0152. The summed E-state index contributed by atoms with van der Waals surface area (Å²) in [6, 6.07) is 6.24. The molecule has 4 rings (SSSR count). The Balaban J connectivity index is 1.71. The molecule has 6 heteroatoms. The minimum Gasteiger partial charge on any atom is -0.465 e. The number of hydrogen-bond donors (Lipinski definition) is 2. The van der Waals surface area contributed by atoms with E-state index < -0.39 is 6.09 Å².